The predicted molar refractivity (Wildman–Crippen MR) is 102 cm³/mol. The molecule has 2 aromatic carbocycles. The fraction of sp³-hybridized carbons (Fsp3) is 0.250. The van der Waals surface area contributed by atoms with Gasteiger partial charge in [0.25, 0.3) is 5.69 Å². The van der Waals surface area contributed by atoms with Crippen LogP contribution in [0.5, 0.6) is 0 Å². The summed E-state index contributed by atoms with van der Waals surface area (Å²) >= 11 is 5.96. The molecule has 0 aromatic heterocycles. The Morgan fingerprint density at radius 2 is 2.00 bits per heavy atom. The monoisotopic (exact) mass is 417 g/mol. The molecule has 0 aliphatic heterocycles. The highest BCUT2D eigenvalue weighted by Crippen LogP contribution is 2.35. The van der Waals surface area contributed by atoms with E-state index in [0.29, 0.717) is 12.1 Å². The molecule has 3 N–H and O–H groups in total. The van der Waals surface area contributed by atoms with Crippen LogP contribution in [0.15, 0.2) is 41.3 Å². The summed E-state index contributed by atoms with van der Waals surface area (Å²) in [6, 6.07) is 8.63. The summed E-state index contributed by atoms with van der Waals surface area (Å²) < 4.78 is 28.2. The summed E-state index contributed by atoms with van der Waals surface area (Å²) in [5.74, 6) is 0. The van der Waals surface area contributed by atoms with Crippen LogP contribution >= 0.6 is 24.0 Å². The number of hydrogen-bond donors (Lipinski definition) is 2. The first-order valence-electron chi connectivity index (χ1n) is 7.63. The number of nitrogen functional groups attached to an aromatic ring is 1. The quantitative estimate of drug-likeness (QED) is 0.447. The van der Waals surface area contributed by atoms with Crippen LogP contribution in [-0.4, -0.2) is 13.3 Å². The molecule has 0 bridgehead atoms. The Morgan fingerprint density at radius 3 is 2.69 bits per heavy atom. The zero-order valence-electron chi connectivity index (χ0n) is 13.5. The van der Waals surface area contributed by atoms with Crippen molar-refractivity contribution >= 4 is 45.4 Å². The van der Waals surface area contributed by atoms with Crippen molar-refractivity contribution in [3.8, 4) is 0 Å². The van der Waals surface area contributed by atoms with Crippen LogP contribution in [0.25, 0.3) is 0 Å². The number of nitrogens with one attached hydrogen (secondary N) is 1. The summed E-state index contributed by atoms with van der Waals surface area (Å²) in [6.07, 6.45) is 2.19. The molecule has 0 spiro atoms. The van der Waals surface area contributed by atoms with E-state index in [1.807, 2.05) is 6.07 Å². The van der Waals surface area contributed by atoms with Gasteiger partial charge in [0.15, 0.2) is 4.90 Å². The van der Waals surface area contributed by atoms with Crippen molar-refractivity contribution in [2.45, 2.75) is 30.2 Å². The number of nitro groups is 1. The minimum Gasteiger partial charge on any atom is -0.399 e. The van der Waals surface area contributed by atoms with Gasteiger partial charge in [-0.3, -0.25) is 10.1 Å². The second-order valence-electron chi connectivity index (χ2n) is 5.87. The van der Waals surface area contributed by atoms with E-state index in [4.69, 9.17) is 17.3 Å². The van der Waals surface area contributed by atoms with Gasteiger partial charge in [0.05, 0.1) is 9.95 Å². The molecule has 10 heteroatoms. The highest BCUT2D eigenvalue weighted by molar-refractivity contribution is 7.89. The van der Waals surface area contributed by atoms with Crippen molar-refractivity contribution in [3.05, 3.63) is 62.7 Å². The second-order valence-corrected chi connectivity index (χ2v) is 7.93. The molecule has 1 unspecified atom stereocenters. The minimum atomic E-state index is -4.17. The van der Waals surface area contributed by atoms with E-state index in [9.17, 15) is 18.5 Å². The van der Waals surface area contributed by atoms with Gasteiger partial charge in [0.1, 0.15) is 0 Å². The number of halogens is 2. The molecule has 1 aliphatic carbocycles. The Balaban J connectivity index is 0.00000243. The number of rotatable bonds is 4. The molecule has 0 saturated carbocycles. The van der Waals surface area contributed by atoms with E-state index >= 15 is 0 Å². The van der Waals surface area contributed by atoms with E-state index in [1.54, 1.807) is 12.1 Å². The van der Waals surface area contributed by atoms with E-state index < -0.39 is 31.6 Å². The van der Waals surface area contributed by atoms with Gasteiger partial charge in [-0.15, -0.1) is 12.4 Å². The Hall–Kier alpha value is -1.87. The van der Waals surface area contributed by atoms with Gasteiger partial charge in [-0.05, 0) is 48.6 Å². The number of anilines is 1. The van der Waals surface area contributed by atoms with E-state index in [0.717, 1.165) is 30.0 Å². The smallest absolute Gasteiger partial charge is 0.290 e. The summed E-state index contributed by atoms with van der Waals surface area (Å²) in [6.45, 7) is 0. The Labute approximate surface area is 162 Å². The van der Waals surface area contributed by atoms with Crippen molar-refractivity contribution in [2.24, 2.45) is 0 Å². The maximum Gasteiger partial charge on any atom is 0.290 e. The topological polar surface area (TPSA) is 115 Å². The largest absolute Gasteiger partial charge is 0.399 e. The van der Waals surface area contributed by atoms with Crippen molar-refractivity contribution < 1.29 is 13.3 Å². The summed E-state index contributed by atoms with van der Waals surface area (Å²) in [7, 11) is -4.17. The molecule has 0 amide bonds. The van der Waals surface area contributed by atoms with Crippen LogP contribution in [0.1, 0.15) is 30.0 Å². The number of nitro benzene ring substituents is 1. The normalized spacial score (nSPS) is 16.4. The van der Waals surface area contributed by atoms with Crippen LogP contribution < -0.4 is 10.5 Å². The van der Waals surface area contributed by atoms with Gasteiger partial charge in [0, 0.05) is 17.8 Å². The van der Waals surface area contributed by atoms with Crippen molar-refractivity contribution in [3.63, 3.8) is 0 Å². The zero-order chi connectivity index (χ0) is 18.2. The molecule has 7 nitrogen and oxygen atoms in total. The van der Waals surface area contributed by atoms with Crippen LogP contribution in [-0.2, 0) is 16.4 Å². The summed E-state index contributed by atoms with van der Waals surface area (Å²) in [5, 5.41) is 11.0. The van der Waals surface area contributed by atoms with E-state index in [-0.39, 0.29) is 17.4 Å². The van der Waals surface area contributed by atoms with Crippen molar-refractivity contribution in [1.82, 2.24) is 4.72 Å². The van der Waals surface area contributed by atoms with Crippen molar-refractivity contribution in [1.29, 1.82) is 0 Å². The predicted octanol–water partition coefficient (Wildman–Crippen LogP) is 3.61. The highest BCUT2D eigenvalue weighted by atomic mass is 35.5. The highest BCUT2D eigenvalue weighted by Gasteiger charge is 2.32. The third-order valence-electron chi connectivity index (χ3n) is 4.19. The molecule has 1 aliphatic rings. The van der Waals surface area contributed by atoms with Crippen LogP contribution in [0.4, 0.5) is 11.4 Å². The maximum absolute atomic E-state index is 12.8. The Bertz CT molecular complexity index is 951. The molecule has 2 aromatic rings. The first-order valence-corrected chi connectivity index (χ1v) is 9.49. The van der Waals surface area contributed by atoms with Gasteiger partial charge >= 0.3 is 0 Å². The zero-order valence-corrected chi connectivity index (χ0v) is 15.9. The summed E-state index contributed by atoms with van der Waals surface area (Å²) in [4.78, 5) is 9.93. The lowest BCUT2D eigenvalue weighted by Gasteiger charge is -2.26. The molecule has 0 fully saturated rings. The Morgan fingerprint density at radius 1 is 1.27 bits per heavy atom. The van der Waals surface area contributed by atoms with E-state index in [1.165, 1.54) is 12.1 Å². The van der Waals surface area contributed by atoms with Crippen LogP contribution in [0, 0.1) is 10.1 Å². The standard InChI is InChI=1S/C16H16ClN3O4S.ClH/c17-13-4-2-6-15(20(21)22)16(13)25(23,24)19-14-5-1-3-10-9-11(18)7-8-12(10)14;/h2,4,6-9,14,19H,1,3,5,18H2;1H. The fourth-order valence-corrected chi connectivity index (χ4v) is 5.06. The molecule has 3 rings (SSSR count). The number of aryl methyl sites for hydroxylation is 1. The molecular weight excluding hydrogens is 401 g/mol. The van der Waals surface area contributed by atoms with E-state index in [2.05, 4.69) is 4.72 Å². The lowest BCUT2D eigenvalue weighted by molar-refractivity contribution is -0.387. The average molecular weight is 418 g/mol. The molecule has 0 saturated heterocycles. The molecule has 1 atom stereocenters. The number of sulfonamides is 1. The van der Waals surface area contributed by atoms with Gasteiger partial charge in [0.2, 0.25) is 10.0 Å². The molecular formula is C16H17Cl2N3O4S. The van der Waals surface area contributed by atoms with Crippen molar-refractivity contribution in [2.75, 3.05) is 5.73 Å². The first-order chi connectivity index (χ1) is 11.8. The first kappa shape index (κ1) is 20.4. The number of hydrogen-bond acceptors (Lipinski definition) is 5. The van der Waals surface area contributed by atoms with Crippen LogP contribution in [0.2, 0.25) is 5.02 Å². The third-order valence-corrected chi connectivity index (χ3v) is 6.18. The van der Waals surface area contributed by atoms with Gasteiger partial charge in [-0.1, -0.05) is 23.7 Å². The average Bonchev–Trinajstić information content (AvgIpc) is 2.53. The molecule has 0 radical (unpaired) electrons. The van der Waals surface area contributed by atoms with Gasteiger partial charge < -0.3 is 5.73 Å². The number of nitrogens with two attached hydrogens (primary N) is 1. The van der Waals surface area contributed by atoms with Gasteiger partial charge in [-0.2, -0.15) is 0 Å². The second kappa shape index (κ2) is 7.79. The van der Waals surface area contributed by atoms with Crippen LogP contribution in [0.3, 0.4) is 0 Å². The lowest BCUT2D eigenvalue weighted by Crippen LogP contribution is -2.31. The summed E-state index contributed by atoms with van der Waals surface area (Å²) in [5.41, 5.74) is 7.67. The SMILES string of the molecule is Cl.Nc1ccc2c(c1)CCCC2NS(=O)(=O)c1c(Cl)cccc1[N+](=O)[O-]. The van der Waals surface area contributed by atoms with Gasteiger partial charge in [-0.25, -0.2) is 13.1 Å². The minimum absolute atomic E-state index is 0. The number of benzene rings is 2. The molecule has 140 valence electrons. The lowest BCUT2D eigenvalue weighted by atomic mass is 9.88. The molecule has 26 heavy (non-hydrogen) atoms. The third kappa shape index (κ3) is 3.93. The molecule has 0 heterocycles. The number of nitrogens with zero attached hydrogens (tertiary/aromatic N) is 1. The number of fused-ring (bicyclic) bond motifs is 1. The maximum atomic E-state index is 12.8. The fourth-order valence-electron chi connectivity index (χ4n) is 3.11. The Kier molecular flexibility index (Phi) is 6.13.